The minimum atomic E-state index is -0.750. The number of carbonyl (C=O) groups is 1. The van der Waals surface area contributed by atoms with E-state index in [4.69, 9.17) is 10.1 Å². The third-order valence-electron chi connectivity index (χ3n) is 4.80. The normalized spacial score (nSPS) is 11.3. The van der Waals surface area contributed by atoms with Crippen molar-refractivity contribution in [1.29, 1.82) is 0 Å². The number of aliphatic carboxylic acids is 1. The number of aromatic nitrogens is 2. The van der Waals surface area contributed by atoms with Gasteiger partial charge in [-0.3, -0.25) is 9.36 Å². The Morgan fingerprint density at radius 2 is 1.69 bits per heavy atom. The molecule has 29 heavy (non-hydrogen) atoms. The van der Waals surface area contributed by atoms with Gasteiger partial charge in [0.2, 0.25) is 0 Å². The number of hydrogen-bond donors (Lipinski definition) is 1. The van der Waals surface area contributed by atoms with E-state index in [-0.39, 0.29) is 6.42 Å². The molecule has 0 atom stereocenters. The summed E-state index contributed by atoms with van der Waals surface area (Å²) >= 11 is 0. The minimum Gasteiger partial charge on any atom is -0.481 e. The summed E-state index contributed by atoms with van der Waals surface area (Å²) in [6.07, 6.45) is 5.67. The van der Waals surface area contributed by atoms with Gasteiger partial charge in [-0.15, -0.1) is 0 Å². The maximum atomic E-state index is 10.6. The first kappa shape index (κ1) is 18.7. The number of hydrogen-bond acceptors (Lipinski definition) is 2. The lowest BCUT2D eigenvalue weighted by Crippen LogP contribution is -1.97. The van der Waals surface area contributed by atoms with Crippen molar-refractivity contribution in [3.8, 4) is 17.1 Å². The van der Waals surface area contributed by atoms with E-state index in [1.807, 2.05) is 60.7 Å². The first-order valence-electron chi connectivity index (χ1n) is 9.74. The number of carboxylic acid groups (broad SMARTS) is 1. The van der Waals surface area contributed by atoms with E-state index in [9.17, 15) is 4.79 Å². The highest BCUT2D eigenvalue weighted by Gasteiger charge is 2.14. The molecule has 0 aliphatic carbocycles. The summed E-state index contributed by atoms with van der Waals surface area (Å²) in [5, 5.41) is 8.75. The zero-order chi connectivity index (χ0) is 20.1. The lowest BCUT2D eigenvalue weighted by Gasteiger charge is -2.09. The first-order chi connectivity index (χ1) is 14.2. The van der Waals surface area contributed by atoms with Crippen LogP contribution in [0.3, 0.4) is 0 Å². The summed E-state index contributed by atoms with van der Waals surface area (Å²) in [6, 6.07) is 26.7. The average molecular weight is 382 g/mol. The molecule has 0 unspecified atom stereocenters. The fourth-order valence-corrected chi connectivity index (χ4v) is 3.41. The van der Waals surface area contributed by atoms with Crippen molar-refractivity contribution in [2.24, 2.45) is 0 Å². The predicted molar refractivity (Wildman–Crippen MR) is 117 cm³/mol. The van der Waals surface area contributed by atoms with Crippen molar-refractivity contribution in [2.45, 2.75) is 19.3 Å². The lowest BCUT2D eigenvalue weighted by atomic mass is 10.1. The molecule has 144 valence electrons. The van der Waals surface area contributed by atoms with Crippen LogP contribution in [-0.2, 0) is 4.79 Å². The number of carboxylic acids is 1. The highest BCUT2D eigenvalue weighted by Crippen LogP contribution is 2.29. The highest BCUT2D eigenvalue weighted by molar-refractivity contribution is 5.85. The van der Waals surface area contributed by atoms with Crippen LogP contribution in [0.2, 0.25) is 0 Å². The Bertz CT molecular complexity index is 1150. The smallest absolute Gasteiger partial charge is 0.303 e. The van der Waals surface area contributed by atoms with Crippen molar-refractivity contribution in [1.82, 2.24) is 9.55 Å². The third kappa shape index (κ3) is 4.27. The van der Waals surface area contributed by atoms with Crippen LogP contribution >= 0.6 is 0 Å². The number of fused-ring (bicyclic) bond motifs is 1. The van der Waals surface area contributed by atoms with Crippen LogP contribution < -0.4 is 0 Å². The van der Waals surface area contributed by atoms with Crippen molar-refractivity contribution < 1.29 is 9.90 Å². The molecule has 0 saturated carbocycles. The van der Waals surface area contributed by atoms with Gasteiger partial charge in [0.05, 0.1) is 11.0 Å². The van der Waals surface area contributed by atoms with Gasteiger partial charge in [-0.1, -0.05) is 66.7 Å². The Balaban J connectivity index is 1.75. The zero-order valence-electron chi connectivity index (χ0n) is 16.0. The van der Waals surface area contributed by atoms with Crippen molar-refractivity contribution in [3.63, 3.8) is 0 Å². The number of allylic oxidation sites excluding steroid dienone is 1. The topological polar surface area (TPSA) is 55.1 Å². The maximum absolute atomic E-state index is 10.6. The molecule has 3 aromatic carbocycles. The Labute approximate surface area is 169 Å². The van der Waals surface area contributed by atoms with Crippen LogP contribution in [0, 0.1) is 0 Å². The second kappa shape index (κ2) is 8.57. The molecular weight excluding hydrogens is 360 g/mol. The van der Waals surface area contributed by atoms with Gasteiger partial charge in [0.25, 0.3) is 0 Å². The van der Waals surface area contributed by atoms with Crippen LogP contribution in [0.1, 0.15) is 24.8 Å². The summed E-state index contributed by atoms with van der Waals surface area (Å²) in [6.45, 7) is 0. The number of imidazole rings is 1. The maximum Gasteiger partial charge on any atom is 0.303 e. The van der Waals surface area contributed by atoms with E-state index in [0.29, 0.717) is 6.42 Å². The van der Waals surface area contributed by atoms with E-state index in [2.05, 4.69) is 34.9 Å². The molecule has 4 rings (SSSR count). The van der Waals surface area contributed by atoms with Gasteiger partial charge in [0.15, 0.2) is 0 Å². The third-order valence-corrected chi connectivity index (χ3v) is 4.80. The zero-order valence-corrected chi connectivity index (χ0v) is 16.0. The quantitative estimate of drug-likeness (QED) is 0.401. The molecule has 1 aromatic heterocycles. The van der Waals surface area contributed by atoms with Gasteiger partial charge < -0.3 is 5.11 Å². The van der Waals surface area contributed by atoms with Gasteiger partial charge >= 0.3 is 5.97 Å². The van der Waals surface area contributed by atoms with Gasteiger partial charge in [-0.2, -0.15) is 0 Å². The highest BCUT2D eigenvalue weighted by atomic mass is 16.4. The molecule has 0 fully saturated rings. The van der Waals surface area contributed by atoms with E-state index in [1.165, 1.54) is 0 Å². The summed E-state index contributed by atoms with van der Waals surface area (Å²) < 4.78 is 2.19. The molecule has 0 aliphatic heterocycles. The van der Waals surface area contributed by atoms with E-state index >= 15 is 0 Å². The van der Waals surface area contributed by atoms with Gasteiger partial charge in [0.1, 0.15) is 5.82 Å². The van der Waals surface area contributed by atoms with Crippen LogP contribution in [0.25, 0.3) is 34.2 Å². The number of nitrogens with zero attached hydrogens (tertiary/aromatic N) is 2. The van der Waals surface area contributed by atoms with Crippen molar-refractivity contribution >= 4 is 23.1 Å². The lowest BCUT2D eigenvalue weighted by molar-refractivity contribution is -0.137. The molecule has 0 bridgehead atoms. The van der Waals surface area contributed by atoms with Crippen molar-refractivity contribution in [3.05, 3.63) is 90.5 Å². The molecule has 0 spiro atoms. The number of rotatable bonds is 7. The van der Waals surface area contributed by atoms with E-state index < -0.39 is 5.97 Å². The Morgan fingerprint density at radius 1 is 0.966 bits per heavy atom. The first-order valence-corrected chi connectivity index (χ1v) is 9.74. The number of unbranched alkanes of at least 4 members (excludes halogenated alkanes) is 1. The Morgan fingerprint density at radius 3 is 2.41 bits per heavy atom. The summed E-state index contributed by atoms with van der Waals surface area (Å²) in [5.41, 5.74) is 5.19. The second-order valence-corrected chi connectivity index (χ2v) is 6.91. The van der Waals surface area contributed by atoms with Crippen molar-refractivity contribution in [2.75, 3.05) is 0 Å². The minimum absolute atomic E-state index is 0.199. The van der Waals surface area contributed by atoms with Crippen LogP contribution in [0.15, 0.2) is 84.9 Å². The largest absolute Gasteiger partial charge is 0.481 e. The molecule has 1 N–H and O–H groups in total. The predicted octanol–water partition coefficient (Wildman–Crippen LogP) is 5.96. The fourth-order valence-electron chi connectivity index (χ4n) is 3.41. The molecule has 4 aromatic rings. The van der Waals surface area contributed by atoms with Crippen LogP contribution in [0.4, 0.5) is 0 Å². The molecular formula is C25H22N2O2. The van der Waals surface area contributed by atoms with Gasteiger partial charge in [-0.25, -0.2) is 4.98 Å². The molecule has 1 heterocycles. The molecule has 0 amide bonds. The fraction of sp³-hybridized carbons (Fsp3) is 0.120. The Kier molecular flexibility index (Phi) is 5.52. The Hall–Kier alpha value is -3.66. The van der Waals surface area contributed by atoms with E-state index in [0.717, 1.165) is 40.1 Å². The number of benzene rings is 3. The molecule has 4 heteroatoms. The van der Waals surface area contributed by atoms with Gasteiger partial charge in [-0.05, 0) is 42.7 Å². The molecule has 0 saturated heterocycles. The monoisotopic (exact) mass is 382 g/mol. The second-order valence-electron chi connectivity index (χ2n) is 6.91. The average Bonchev–Trinajstić information content (AvgIpc) is 3.13. The van der Waals surface area contributed by atoms with Gasteiger partial charge in [0, 0.05) is 17.7 Å². The number of para-hydroxylation sites is 1. The van der Waals surface area contributed by atoms with E-state index in [1.54, 1.807) is 0 Å². The molecule has 0 aliphatic rings. The SMILES string of the molecule is O=C(O)CCCC=Cc1ccc2nc(-c3ccccc3)n(-c3ccccc3)c2c1. The summed E-state index contributed by atoms with van der Waals surface area (Å²) in [5.74, 6) is 0.161. The summed E-state index contributed by atoms with van der Waals surface area (Å²) in [4.78, 5) is 15.5. The molecule has 0 radical (unpaired) electrons. The van der Waals surface area contributed by atoms with Crippen LogP contribution in [-0.4, -0.2) is 20.6 Å². The summed E-state index contributed by atoms with van der Waals surface area (Å²) in [7, 11) is 0. The standard InChI is InChI=1S/C25H22N2O2/c28-24(29)15-9-1-4-10-19-16-17-22-23(18-19)27(21-13-7-3-8-14-21)25(26-22)20-11-5-2-6-12-20/h2-8,10-14,16-18H,1,9,15H2,(H,28,29). The molecule has 4 nitrogen and oxygen atoms in total. The van der Waals surface area contributed by atoms with Crippen LogP contribution in [0.5, 0.6) is 0 Å².